The number of para-hydroxylation sites is 2. The Bertz CT molecular complexity index is 1080. The fourth-order valence-electron chi connectivity index (χ4n) is 2.67. The molecule has 166 valence electrons. The highest BCUT2D eigenvalue weighted by molar-refractivity contribution is 6.03. The van der Waals surface area contributed by atoms with Crippen molar-refractivity contribution in [1.82, 2.24) is 4.98 Å². The van der Waals surface area contributed by atoms with Crippen LogP contribution in [0.2, 0.25) is 0 Å². The van der Waals surface area contributed by atoms with Crippen molar-refractivity contribution in [3.63, 3.8) is 0 Å². The number of nitrogens with two attached hydrogens (primary N) is 1. The van der Waals surface area contributed by atoms with Crippen molar-refractivity contribution in [3.8, 4) is 5.75 Å². The molecular formula is C23H21F3N4O2. The number of carbonyl (C=O) groups is 1. The SMILES string of the molecule is Nc1ccccc1NC(=O)C=Cc1ccc(NCc2cccc(OCC(F)(F)F)c2)nc1. The van der Waals surface area contributed by atoms with Gasteiger partial charge in [0.05, 0.1) is 11.4 Å². The van der Waals surface area contributed by atoms with Gasteiger partial charge in [-0.2, -0.15) is 13.2 Å². The lowest BCUT2D eigenvalue weighted by molar-refractivity contribution is -0.153. The van der Waals surface area contributed by atoms with Crippen LogP contribution in [0.25, 0.3) is 6.08 Å². The molecule has 0 aliphatic rings. The summed E-state index contributed by atoms with van der Waals surface area (Å²) in [4.78, 5) is 16.3. The van der Waals surface area contributed by atoms with E-state index in [0.717, 1.165) is 5.56 Å². The van der Waals surface area contributed by atoms with Gasteiger partial charge in [-0.15, -0.1) is 0 Å². The van der Waals surface area contributed by atoms with Crippen molar-refractivity contribution >= 4 is 29.2 Å². The quantitative estimate of drug-likeness (QED) is 0.342. The number of nitrogens with one attached hydrogen (secondary N) is 2. The Morgan fingerprint density at radius 3 is 2.62 bits per heavy atom. The molecule has 32 heavy (non-hydrogen) atoms. The molecule has 0 saturated heterocycles. The minimum atomic E-state index is -4.38. The maximum absolute atomic E-state index is 12.3. The molecule has 0 aliphatic heterocycles. The van der Waals surface area contributed by atoms with Crippen molar-refractivity contribution < 1.29 is 22.7 Å². The zero-order chi connectivity index (χ0) is 23.0. The van der Waals surface area contributed by atoms with Gasteiger partial charge in [-0.1, -0.05) is 24.3 Å². The lowest BCUT2D eigenvalue weighted by Gasteiger charge is -2.11. The van der Waals surface area contributed by atoms with Gasteiger partial charge in [0, 0.05) is 18.8 Å². The Kier molecular flexibility index (Phi) is 7.33. The van der Waals surface area contributed by atoms with Gasteiger partial charge in [0.15, 0.2) is 6.61 Å². The molecule has 1 heterocycles. The predicted octanol–water partition coefficient (Wildman–Crippen LogP) is 4.87. The monoisotopic (exact) mass is 442 g/mol. The van der Waals surface area contributed by atoms with Crippen LogP contribution in [0, 0.1) is 0 Å². The van der Waals surface area contributed by atoms with E-state index in [1.54, 1.807) is 60.8 Å². The van der Waals surface area contributed by atoms with Crippen LogP contribution in [0.5, 0.6) is 5.75 Å². The Balaban J connectivity index is 1.51. The molecule has 0 aliphatic carbocycles. The van der Waals surface area contributed by atoms with Crippen LogP contribution < -0.4 is 21.1 Å². The molecule has 6 nitrogen and oxygen atoms in total. The zero-order valence-electron chi connectivity index (χ0n) is 16.9. The number of aromatic nitrogens is 1. The third-order valence-electron chi connectivity index (χ3n) is 4.21. The maximum atomic E-state index is 12.3. The van der Waals surface area contributed by atoms with Crippen LogP contribution in [0.4, 0.5) is 30.4 Å². The number of anilines is 3. The molecule has 0 radical (unpaired) electrons. The van der Waals surface area contributed by atoms with E-state index < -0.39 is 12.8 Å². The average molecular weight is 442 g/mol. The van der Waals surface area contributed by atoms with Crippen molar-refractivity contribution in [1.29, 1.82) is 0 Å². The molecule has 4 N–H and O–H groups in total. The van der Waals surface area contributed by atoms with Crippen molar-refractivity contribution in [2.75, 3.05) is 23.0 Å². The second kappa shape index (κ2) is 10.3. The second-order valence-corrected chi connectivity index (χ2v) is 6.79. The molecule has 0 unspecified atom stereocenters. The number of ether oxygens (including phenoxy) is 1. The van der Waals surface area contributed by atoms with E-state index in [2.05, 4.69) is 15.6 Å². The topological polar surface area (TPSA) is 89.3 Å². The van der Waals surface area contributed by atoms with Gasteiger partial charge >= 0.3 is 6.18 Å². The highest BCUT2D eigenvalue weighted by Crippen LogP contribution is 2.20. The van der Waals surface area contributed by atoms with Gasteiger partial charge in [-0.05, 0) is 53.6 Å². The van der Waals surface area contributed by atoms with E-state index in [4.69, 9.17) is 10.5 Å². The first-order valence-electron chi connectivity index (χ1n) is 9.60. The third kappa shape index (κ3) is 7.35. The predicted molar refractivity (Wildman–Crippen MR) is 118 cm³/mol. The normalized spacial score (nSPS) is 11.3. The van der Waals surface area contributed by atoms with Gasteiger partial charge in [0.1, 0.15) is 11.6 Å². The molecule has 3 aromatic rings. The molecule has 2 aromatic carbocycles. The number of nitrogens with zero attached hydrogens (tertiary/aromatic N) is 1. The third-order valence-corrected chi connectivity index (χ3v) is 4.21. The van der Waals surface area contributed by atoms with Gasteiger partial charge in [-0.25, -0.2) is 4.98 Å². The summed E-state index contributed by atoms with van der Waals surface area (Å²) in [5.74, 6) is 0.397. The maximum Gasteiger partial charge on any atom is 0.422 e. The van der Waals surface area contributed by atoms with Crippen LogP contribution in [0.15, 0.2) is 72.9 Å². The summed E-state index contributed by atoms with van der Waals surface area (Å²) in [7, 11) is 0. The molecule has 0 atom stereocenters. The largest absolute Gasteiger partial charge is 0.484 e. The summed E-state index contributed by atoms with van der Waals surface area (Å²) >= 11 is 0. The van der Waals surface area contributed by atoms with Crippen molar-refractivity contribution in [3.05, 3.63) is 84.1 Å². The van der Waals surface area contributed by atoms with E-state index >= 15 is 0 Å². The number of rotatable bonds is 8. The van der Waals surface area contributed by atoms with E-state index in [1.807, 2.05) is 0 Å². The Morgan fingerprint density at radius 2 is 1.91 bits per heavy atom. The zero-order valence-corrected chi connectivity index (χ0v) is 16.9. The molecule has 3 rings (SSSR count). The fourth-order valence-corrected chi connectivity index (χ4v) is 2.67. The summed E-state index contributed by atoms with van der Waals surface area (Å²) in [5.41, 5.74) is 8.27. The minimum absolute atomic E-state index is 0.144. The van der Waals surface area contributed by atoms with Gasteiger partial charge < -0.3 is 21.1 Å². The van der Waals surface area contributed by atoms with Crippen LogP contribution in [0.3, 0.4) is 0 Å². The number of hydrogen-bond donors (Lipinski definition) is 3. The van der Waals surface area contributed by atoms with E-state index in [9.17, 15) is 18.0 Å². The lowest BCUT2D eigenvalue weighted by atomic mass is 10.2. The molecule has 9 heteroatoms. The number of pyridine rings is 1. The summed E-state index contributed by atoms with van der Waals surface area (Å²) in [5, 5.41) is 5.78. The van der Waals surface area contributed by atoms with E-state index in [0.29, 0.717) is 29.3 Å². The number of halogens is 3. The first kappa shape index (κ1) is 22.7. The molecule has 1 amide bonds. The van der Waals surface area contributed by atoms with Crippen molar-refractivity contribution in [2.45, 2.75) is 12.7 Å². The van der Waals surface area contributed by atoms with Crippen LogP contribution in [-0.2, 0) is 11.3 Å². The molecule has 0 saturated carbocycles. The van der Waals surface area contributed by atoms with Crippen LogP contribution in [0.1, 0.15) is 11.1 Å². The van der Waals surface area contributed by atoms with Crippen LogP contribution in [-0.4, -0.2) is 23.7 Å². The summed E-state index contributed by atoms with van der Waals surface area (Å²) in [6, 6.07) is 16.9. The number of alkyl halides is 3. The summed E-state index contributed by atoms with van der Waals surface area (Å²) in [6.07, 6.45) is 0.200. The molecule has 0 bridgehead atoms. The van der Waals surface area contributed by atoms with Gasteiger partial charge in [-0.3, -0.25) is 4.79 Å². The fraction of sp³-hybridized carbons (Fsp3) is 0.130. The first-order chi connectivity index (χ1) is 15.3. The first-order valence-corrected chi connectivity index (χ1v) is 9.60. The molecule has 1 aromatic heterocycles. The standard InChI is InChI=1S/C23H21F3N4O2/c24-23(25,26)15-32-18-5-3-4-17(12-18)14-29-21-10-8-16(13-28-21)9-11-22(31)30-20-7-2-1-6-19(20)27/h1-13H,14-15,27H2,(H,28,29)(H,30,31). The Morgan fingerprint density at radius 1 is 1.09 bits per heavy atom. The average Bonchev–Trinajstić information content (AvgIpc) is 2.77. The molecule has 0 spiro atoms. The molecular weight excluding hydrogens is 421 g/mol. The minimum Gasteiger partial charge on any atom is -0.484 e. The molecule has 0 fully saturated rings. The van der Waals surface area contributed by atoms with Crippen LogP contribution >= 0.6 is 0 Å². The Labute approximate surface area is 182 Å². The highest BCUT2D eigenvalue weighted by Gasteiger charge is 2.28. The number of hydrogen-bond acceptors (Lipinski definition) is 5. The Hall–Kier alpha value is -4.01. The van der Waals surface area contributed by atoms with E-state index in [-0.39, 0.29) is 11.7 Å². The number of benzene rings is 2. The van der Waals surface area contributed by atoms with Gasteiger partial charge in [0.2, 0.25) is 5.91 Å². The second-order valence-electron chi connectivity index (χ2n) is 6.79. The number of amides is 1. The number of nitrogen functional groups attached to an aromatic ring is 1. The lowest BCUT2D eigenvalue weighted by Crippen LogP contribution is -2.19. The highest BCUT2D eigenvalue weighted by atomic mass is 19.4. The smallest absolute Gasteiger partial charge is 0.422 e. The summed E-state index contributed by atoms with van der Waals surface area (Å²) < 4.78 is 41.6. The summed E-state index contributed by atoms with van der Waals surface area (Å²) in [6.45, 7) is -0.983. The number of carbonyl (C=O) groups excluding carboxylic acids is 1. The van der Waals surface area contributed by atoms with E-state index in [1.165, 1.54) is 18.2 Å². The van der Waals surface area contributed by atoms with Gasteiger partial charge in [0.25, 0.3) is 0 Å². The van der Waals surface area contributed by atoms with Crippen molar-refractivity contribution in [2.24, 2.45) is 0 Å².